The molecule has 0 saturated carbocycles. The molecule has 23 heteroatoms. The standard InChI is InChI=1S/C22H28ClN7O2.C15H17ClN2O2.C8H11N3OS.C2H4O2.ClH/c1-14-10-19(32-28-14)20-12-30(18(13-31-20)11-15-2-4-16(23)5-3-15)17-6-8-29(9-7-17)22-25-21(24)26-27-22;1-10-6-14(20-18-10)15-8-17-13(9-19-15)7-11-2-4-12(16)5-3-11;1-13-8(10-6-9)11-4-2-7(12)3-5-11;1-2(3)4;/h2-5,10,17-18,20H,6-9,11-13H2,1H3,(H3,24,25,26,27);2-6,13,15,17H,7-9H2,1H3;2-5H2,1H3;1H3,(H,3,4);1H/t18-,20+;13-,15+;;;/m00.../s1. The summed E-state index contributed by atoms with van der Waals surface area (Å²) in [6, 6.07) is 21.0. The van der Waals surface area contributed by atoms with Crippen LogP contribution in [0.3, 0.4) is 0 Å². The molecule has 0 amide bonds. The molecule has 0 bridgehead atoms. The molecule has 0 spiro atoms. The summed E-state index contributed by atoms with van der Waals surface area (Å²) in [5, 5.41) is 36.4. The molecule has 4 aliphatic heterocycles. The summed E-state index contributed by atoms with van der Waals surface area (Å²) in [6.07, 6.45) is 8.53. The lowest BCUT2D eigenvalue weighted by atomic mass is 9.96. The molecule has 9 rings (SSSR count). The van der Waals surface area contributed by atoms with E-state index in [1.54, 1.807) is 6.19 Å². The van der Waals surface area contributed by atoms with E-state index in [-0.39, 0.29) is 30.7 Å². The zero-order valence-electron chi connectivity index (χ0n) is 39.6. The number of nitriles is 1. The van der Waals surface area contributed by atoms with Gasteiger partial charge in [0.2, 0.25) is 18.1 Å². The fraction of sp³-hybridized carbons (Fsp3) is 0.489. The van der Waals surface area contributed by atoms with Crippen LogP contribution in [0.25, 0.3) is 0 Å². The Morgan fingerprint density at radius 2 is 1.47 bits per heavy atom. The second-order valence-electron chi connectivity index (χ2n) is 17.0. The number of halogens is 3. The molecule has 5 N–H and O–H groups in total. The Kier molecular flexibility index (Phi) is 22.2. The highest BCUT2D eigenvalue weighted by atomic mass is 35.5. The van der Waals surface area contributed by atoms with Crippen molar-refractivity contribution in [3.63, 3.8) is 0 Å². The number of H-pyrrole nitrogens is 1. The third kappa shape index (κ3) is 17.3. The van der Waals surface area contributed by atoms with Crippen LogP contribution in [0, 0.1) is 25.3 Å². The number of aromatic nitrogens is 5. The van der Waals surface area contributed by atoms with Crippen LogP contribution in [0.2, 0.25) is 10.0 Å². The second-order valence-corrected chi connectivity index (χ2v) is 18.6. The van der Waals surface area contributed by atoms with E-state index >= 15 is 0 Å². The van der Waals surface area contributed by atoms with Gasteiger partial charge in [-0.2, -0.15) is 10.2 Å². The van der Waals surface area contributed by atoms with E-state index in [0.717, 1.165) is 96.9 Å². The van der Waals surface area contributed by atoms with E-state index in [0.29, 0.717) is 68.9 Å². The van der Waals surface area contributed by atoms with Crippen LogP contribution in [-0.4, -0.2) is 134 Å². The van der Waals surface area contributed by atoms with Crippen LogP contribution in [0.5, 0.6) is 0 Å². The van der Waals surface area contributed by atoms with Gasteiger partial charge in [0.1, 0.15) is 18.0 Å². The first kappa shape index (κ1) is 55.7. The SMILES string of the molecule is CC(=O)O.CSC(=NC#N)N1CCC(=O)CC1.Cc1cc([C@H]2CN(C3CCN(c4n[nH]c(N)n4)CC3)[C@@H](Cc3ccc(Cl)cc3)CO2)on1.Cc1cc([C@H]2CN[C@@H](Cc3ccc(Cl)cc3)CO2)on1.Cl. The molecular formula is C47H61Cl3N12O7S. The number of rotatable bonds is 8. The van der Waals surface area contributed by atoms with Gasteiger partial charge < -0.3 is 44.5 Å². The Morgan fingerprint density at radius 3 is 1.96 bits per heavy atom. The molecule has 2 aromatic carbocycles. The average molecular weight is 1040 g/mol. The first-order valence-corrected chi connectivity index (χ1v) is 24.7. The normalized spacial score (nSPS) is 20.9. The van der Waals surface area contributed by atoms with Crippen LogP contribution in [0.1, 0.15) is 78.9 Å². The number of aromatic amines is 1. The Bertz CT molecular complexity index is 2440. The number of carbonyl (C=O) groups is 2. The zero-order chi connectivity index (χ0) is 49.3. The van der Waals surface area contributed by atoms with Crippen molar-refractivity contribution in [1.82, 2.24) is 40.6 Å². The largest absolute Gasteiger partial charge is 0.481 e. The number of nitrogens with one attached hydrogen (secondary N) is 2. The summed E-state index contributed by atoms with van der Waals surface area (Å²) in [7, 11) is 0. The molecular weight excluding hydrogens is 983 g/mol. The van der Waals surface area contributed by atoms with Crippen LogP contribution in [0.4, 0.5) is 11.9 Å². The van der Waals surface area contributed by atoms with E-state index in [9.17, 15) is 4.79 Å². The number of carboxylic acids is 1. The maximum atomic E-state index is 10.9. The van der Waals surface area contributed by atoms with Crippen molar-refractivity contribution in [2.24, 2.45) is 4.99 Å². The number of morpholine rings is 2. The molecule has 4 fully saturated rings. The number of thioether (sulfide) groups is 1. The summed E-state index contributed by atoms with van der Waals surface area (Å²) < 4.78 is 22.9. The van der Waals surface area contributed by atoms with Gasteiger partial charge in [0.05, 0.1) is 24.6 Å². The van der Waals surface area contributed by atoms with Crippen molar-refractivity contribution < 1.29 is 33.2 Å². The highest BCUT2D eigenvalue weighted by molar-refractivity contribution is 8.13. The maximum absolute atomic E-state index is 10.9. The lowest BCUT2D eigenvalue weighted by molar-refractivity contribution is -0.134. The zero-order valence-corrected chi connectivity index (χ0v) is 42.8. The number of aliphatic imine (C=N–C) groups is 1. The Morgan fingerprint density at radius 1 is 0.914 bits per heavy atom. The number of amidine groups is 1. The molecule has 3 aromatic heterocycles. The first-order chi connectivity index (χ1) is 33.3. The minimum Gasteiger partial charge on any atom is -0.481 e. The van der Waals surface area contributed by atoms with Gasteiger partial charge in [-0.1, -0.05) is 69.5 Å². The van der Waals surface area contributed by atoms with Crippen molar-refractivity contribution in [1.29, 1.82) is 5.26 Å². The number of piperidine rings is 2. The highest BCUT2D eigenvalue weighted by Crippen LogP contribution is 2.32. The van der Waals surface area contributed by atoms with E-state index in [2.05, 4.69) is 69.9 Å². The van der Waals surface area contributed by atoms with Gasteiger partial charge in [-0.15, -0.1) is 22.5 Å². The monoisotopic (exact) mass is 1040 g/mol. The fourth-order valence-electron chi connectivity index (χ4n) is 8.36. The number of carboxylic acid groups (broad SMARTS) is 1. The van der Waals surface area contributed by atoms with Crippen LogP contribution in [-0.2, 0) is 31.9 Å². The Labute approximate surface area is 428 Å². The lowest BCUT2D eigenvalue weighted by Gasteiger charge is -2.46. The lowest BCUT2D eigenvalue weighted by Crippen LogP contribution is -2.55. The summed E-state index contributed by atoms with van der Waals surface area (Å²) in [5.41, 5.74) is 9.97. The summed E-state index contributed by atoms with van der Waals surface area (Å²) in [5.74, 6) is 2.08. The van der Waals surface area contributed by atoms with Crippen LogP contribution >= 0.6 is 47.4 Å². The van der Waals surface area contributed by atoms with Gasteiger partial charge in [0, 0.05) is 99.3 Å². The topological polar surface area (TPSA) is 250 Å². The molecule has 378 valence electrons. The van der Waals surface area contributed by atoms with Gasteiger partial charge in [-0.05, 0) is 81.2 Å². The first-order valence-electron chi connectivity index (χ1n) is 22.7. The third-order valence-electron chi connectivity index (χ3n) is 11.8. The van der Waals surface area contributed by atoms with Crippen molar-refractivity contribution >= 4 is 76.2 Å². The van der Waals surface area contributed by atoms with Gasteiger partial charge in [0.15, 0.2) is 16.7 Å². The number of ether oxygens (including phenoxy) is 2. The van der Waals surface area contributed by atoms with E-state index in [4.69, 9.17) is 62.6 Å². The second kappa shape index (κ2) is 28.0. The number of nitrogens with two attached hydrogens (primary N) is 1. The molecule has 7 heterocycles. The molecule has 19 nitrogen and oxygen atoms in total. The minimum absolute atomic E-state index is 0. The number of Topliss-reactive ketones (excluding diaryl/α,β-unsaturated/α-hetero) is 1. The Balaban J connectivity index is 0.000000205. The number of aliphatic carboxylic acids is 1. The van der Waals surface area contributed by atoms with Crippen molar-refractivity contribution in [3.8, 4) is 6.19 Å². The molecule has 4 aliphatic rings. The molecule has 0 aliphatic carbocycles. The predicted molar refractivity (Wildman–Crippen MR) is 271 cm³/mol. The number of hydrogen-bond acceptors (Lipinski definition) is 17. The fourth-order valence-corrected chi connectivity index (χ4v) is 9.18. The van der Waals surface area contributed by atoms with Crippen LogP contribution < -0.4 is 16.0 Å². The van der Waals surface area contributed by atoms with Crippen molar-refractivity contribution in [3.05, 3.63) is 105 Å². The molecule has 4 saturated heterocycles. The highest BCUT2D eigenvalue weighted by Gasteiger charge is 2.37. The number of ketones is 1. The van der Waals surface area contributed by atoms with Gasteiger partial charge in [0.25, 0.3) is 5.97 Å². The van der Waals surface area contributed by atoms with Crippen LogP contribution in [0.15, 0.2) is 74.7 Å². The molecule has 4 atom stereocenters. The Hall–Kier alpha value is -5.24. The number of nitrogen functional groups attached to an aromatic ring is 1. The number of carbonyl (C=O) groups excluding carboxylic acids is 1. The smallest absolute Gasteiger partial charge is 0.300 e. The van der Waals surface area contributed by atoms with Gasteiger partial charge in [-0.3, -0.25) is 14.5 Å². The van der Waals surface area contributed by atoms with Crippen molar-refractivity contribution in [2.45, 2.75) is 89.6 Å². The molecule has 0 unspecified atom stereocenters. The quantitative estimate of drug-likeness (QED) is 0.0678. The number of benzene rings is 2. The molecule has 70 heavy (non-hydrogen) atoms. The maximum Gasteiger partial charge on any atom is 0.300 e. The third-order valence-corrected chi connectivity index (χ3v) is 13.0. The number of anilines is 2. The van der Waals surface area contributed by atoms with E-state index < -0.39 is 5.97 Å². The number of hydrogen-bond donors (Lipinski definition) is 4. The summed E-state index contributed by atoms with van der Waals surface area (Å²) in [6.45, 7) is 10.9. The number of nitrogens with zero attached hydrogens (tertiary/aromatic N) is 9. The predicted octanol–water partition coefficient (Wildman–Crippen LogP) is 7.26. The minimum atomic E-state index is -0.833. The number of likely N-dealkylation sites (tertiary alicyclic amines) is 1. The average Bonchev–Trinajstić information content (AvgIpc) is 4.12. The van der Waals surface area contributed by atoms with Gasteiger partial charge >= 0.3 is 0 Å². The van der Waals surface area contributed by atoms with Crippen molar-refractivity contribution in [2.75, 3.05) is 69.4 Å². The molecule has 5 aromatic rings. The van der Waals surface area contributed by atoms with E-state index in [1.165, 1.54) is 22.9 Å². The molecule has 0 radical (unpaired) electrons. The number of aryl methyl sites for hydroxylation is 2. The van der Waals surface area contributed by atoms with E-state index in [1.807, 2.05) is 61.4 Å². The van der Waals surface area contributed by atoms with Gasteiger partial charge in [-0.25, -0.2) is 5.10 Å². The summed E-state index contributed by atoms with van der Waals surface area (Å²) >= 11 is 13.4. The summed E-state index contributed by atoms with van der Waals surface area (Å²) in [4.78, 5) is 34.7.